The van der Waals surface area contributed by atoms with Gasteiger partial charge >= 0.3 is 24.3 Å². The smallest absolute Gasteiger partial charge is 0.417 e. The van der Waals surface area contributed by atoms with Crippen LogP contribution in [0.1, 0.15) is 196 Å². The van der Waals surface area contributed by atoms with Crippen molar-refractivity contribution in [2.75, 3.05) is 25.4 Å². The maximum Gasteiger partial charge on any atom is 0.417 e. The summed E-state index contributed by atoms with van der Waals surface area (Å²) in [6.45, 7) is 27.1. The van der Waals surface area contributed by atoms with Crippen LogP contribution in [0.25, 0.3) is 0 Å². The van der Waals surface area contributed by atoms with Gasteiger partial charge in [0.05, 0.1) is 88.4 Å². The number of nitrogen functional groups attached to an aromatic ring is 1. The van der Waals surface area contributed by atoms with Crippen molar-refractivity contribution >= 4 is 98.8 Å². The highest BCUT2D eigenvalue weighted by Gasteiger charge is 2.60. The second-order valence-corrected chi connectivity index (χ2v) is 40.7. The Kier molecular flexibility index (Phi) is 22.3. The molecule has 33 heteroatoms. The average Bonchev–Trinajstić information content (AvgIpc) is 1.39. The SMILES string of the molecule is CC(C)(C)OC(=O)CC1=N[C@](C)(c2cc(CC(=O)c3ncc(C(F)(F)F)cc3Cl)ccc2F)[C@@H]2CCN=[S@]2(=O)C1(C)C.CC(C)(C)OC(=O)CC1=N[C@](C)(c2cc(N)ccc2F)[C@@H]2CCN=[S@]2(=O)C1(C)C.CC1(C)C(N)=N[C@](C)(c2cc(CC(=O)c3ncc(C(F)(F)F)cc3Cl)ccc2F)[C@@H]2CCN=[S@@]21=O. The Morgan fingerprint density at radius 2 is 0.802 bits per heavy atom. The molecule has 3 aromatic carbocycles. The van der Waals surface area contributed by atoms with E-state index in [1.807, 2.05) is 0 Å². The molecule has 0 aliphatic carbocycles. The summed E-state index contributed by atoms with van der Waals surface area (Å²) in [5.74, 6) is -3.97. The fourth-order valence-corrected chi connectivity index (χ4v) is 24.6. The molecular formula is C73H85Cl2F9N10O9S3. The number of fused-ring (bicyclic) bond motifs is 3. The van der Waals surface area contributed by atoms with Crippen LogP contribution in [-0.4, -0.2) is 124 Å². The molecule has 0 unspecified atom stereocenters. The zero-order valence-electron chi connectivity index (χ0n) is 61.1. The molecule has 106 heavy (non-hydrogen) atoms. The number of halogens is 11. The molecule has 576 valence electrons. The lowest BCUT2D eigenvalue weighted by Gasteiger charge is -2.46. The number of esters is 2. The summed E-state index contributed by atoms with van der Waals surface area (Å²) in [4.78, 5) is 72.8. The number of carbonyl (C=O) groups excluding carboxylic acids is 4. The van der Waals surface area contributed by atoms with Crippen molar-refractivity contribution in [2.24, 2.45) is 33.8 Å². The maximum atomic E-state index is 15.6. The van der Waals surface area contributed by atoms with Crippen LogP contribution in [0.15, 0.2) is 107 Å². The Morgan fingerprint density at radius 1 is 0.481 bits per heavy atom. The third kappa shape index (κ3) is 15.5. The highest BCUT2D eigenvalue weighted by Crippen LogP contribution is 2.53. The number of aliphatic imine (C=N–C) groups is 3. The quantitative estimate of drug-likeness (QED) is 0.0480. The van der Waals surface area contributed by atoms with Crippen LogP contribution < -0.4 is 11.5 Å². The van der Waals surface area contributed by atoms with Gasteiger partial charge in [-0.2, -0.15) is 26.3 Å². The molecule has 11 rings (SSSR count). The highest BCUT2D eigenvalue weighted by atomic mass is 35.5. The van der Waals surface area contributed by atoms with Crippen molar-refractivity contribution in [2.45, 2.75) is 219 Å². The molecule has 0 spiro atoms. The van der Waals surface area contributed by atoms with Gasteiger partial charge in [-0.25, -0.2) is 38.9 Å². The van der Waals surface area contributed by atoms with Crippen LogP contribution in [0.3, 0.4) is 0 Å². The Bertz CT molecular complexity index is 4950. The minimum Gasteiger partial charge on any atom is -0.460 e. The first-order chi connectivity index (χ1) is 48.5. The van der Waals surface area contributed by atoms with E-state index in [1.54, 1.807) is 110 Å². The monoisotopic (exact) mass is 1580 g/mol. The number of hydrogen-bond acceptors (Lipinski definition) is 19. The predicted octanol–water partition coefficient (Wildman–Crippen LogP) is 15.5. The average molecular weight is 1580 g/mol. The van der Waals surface area contributed by atoms with Crippen LogP contribution in [-0.2, 0) is 90.1 Å². The van der Waals surface area contributed by atoms with E-state index < -0.39 is 161 Å². The fraction of sp³-hybridized carbons (Fsp3) is 0.521. The summed E-state index contributed by atoms with van der Waals surface area (Å²) >= 11 is 11.9. The second-order valence-electron chi connectivity index (χ2n) is 30.9. The number of ketones is 2. The van der Waals surface area contributed by atoms with Crippen LogP contribution in [0.2, 0.25) is 10.0 Å². The van der Waals surface area contributed by atoms with Gasteiger partial charge in [0.2, 0.25) is 0 Å². The molecular weight excluding hydrogens is 1500 g/mol. The number of ether oxygens (including phenoxy) is 2. The summed E-state index contributed by atoms with van der Waals surface area (Å²) in [6.07, 6.45) is -7.94. The van der Waals surface area contributed by atoms with Gasteiger partial charge in [-0.1, -0.05) is 35.3 Å². The molecule has 5 aromatic rings. The molecule has 6 aliphatic rings. The lowest BCUT2D eigenvalue weighted by Crippen LogP contribution is -2.58. The number of Topliss-reactive ketones (excluding diaryl/α,β-unsaturated/α-hetero) is 2. The first-order valence-corrected chi connectivity index (χ1v) is 39.3. The normalized spacial score (nSPS) is 27.6. The Labute approximate surface area is 621 Å². The van der Waals surface area contributed by atoms with Crippen LogP contribution in [0.4, 0.5) is 45.2 Å². The lowest BCUT2D eigenvalue weighted by molar-refractivity contribution is -0.154. The van der Waals surface area contributed by atoms with Crippen molar-refractivity contribution in [3.63, 3.8) is 0 Å². The van der Waals surface area contributed by atoms with E-state index in [0.717, 1.165) is 6.07 Å². The summed E-state index contributed by atoms with van der Waals surface area (Å²) in [5.41, 5.74) is 6.28. The van der Waals surface area contributed by atoms with Crippen molar-refractivity contribution < 1.29 is 80.8 Å². The number of aromatic nitrogens is 2. The van der Waals surface area contributed by atoms with Crippen LogP contribution >= 0.6 is 23.2 Å². The topological polar surface area (TPSA) is 290 Å². The Morgan fingerprint density at radius 3 is 1.13 bits per heavy atom. The zero-order valence-corrected chi connectivity index (χ0v) is 65.1. The number of nitrogens with zero attached hydrogens (tertiary/aromatic N) is 8. The molecule has 8 heterocycles. The summed E-state index contributed by atoms with van der Waals surface area (Å²) in [6, 6.07) is 13.5. The number of carbonyl (C=O) groups is 4. The summed E-state index contributed by atoms with van der Waals surface area (Å²) < 4.78 is 187. The molecule has 0 saturated heterocycles. The first kappa shape index (κ1) is 82.7. The third-order valence-corrected chi connectivity index (χ3v) is 31.8. The minimum atomic E-state index is -4.68. The van der Waals surface area contributed by atoms with E-state index in [1.165, 1.54) is 42.5 Å². The van der Waals surface area contributed by atoms with Crippen molar-refractivity contribution in [1.82, 2.24) is 9.97 Å². The van der Waals surface area contributed by atoms with E-state index in [2.05, 4.69) is 28.0 Å². The number of benzene rings is 3. The van der Waals surface area contributed by atoms with Gasteiger partial charge < -0.3 is 20.9 Å². The molecule has 9 atom stereocenters. The summed E-state index contributed by atoms with van der Waals surface area (Å²) in [7, 11) is -8.75. The predicted molar refractivity (Wildman–Crippen MR) is 391 cm³/mol. The number of nitrogens with two attached hydrogens (primary N) is 2. The fourth-order valence-electron chi connectivity index (χ4n) is 14.4. The highest BCUT2D eigenvalue weighted by molar-refractivity contribution is 7.97. The zero-order chi connectivity index (χ0) is 79.3. The van der Waals surface area contributed by atoms with Gasteiger partial charge in [0.15, 0.2) is 11.6 Å². The van der Waals surface area contributed by atoms with Crippen molar-refractivity contribution in [3.05, 3.63) is 157 Å². The van der Waals surface area contributed by atoms with Gasteiger partial charge in [0.25, 0.3) is 0 Å². The molecule has 0 bridgehead atoms. The number of alkyl halides is 6. The number of pyridine rings is 2. The summed E-state index contributed by atoms with van der Waals surface area (Å²) in [5, 5.41) is -2.64. The van der Waals surface area contributed by atoms with E-state index >= 15 is 8.78 Å². The Balaban J connectivity index is 0.000000187. The number of hydrogen-bond donors (Lipinski definition) is 2. The molecule has 2 aromatic heterocycles. The molecule has 4 N–H and O–H groups in total. The van der Waals surface area contributed by atoms with Gasteiger partial charge in [0.1, 0.15) is 67.2 Å². The van der Waals surface area contributed by atoms with Gasteiger partial charge in [-0.05, 0) is 189 Å². The van der Waals surface area contributed by atoms with Crippen LogP contribution in [0, 0.1) is 17.5 Å². The van der Waals surface area contributed by atoms with E-state index in [4.69, 9.17) is 54.1 Å². The van der Waals surface area contributed by atoms with E-state index in [9.17, 15) is 62.5 Å². The van der Waals surface area contributed by atoms with Gasteiger partial charge in [0, 0.05) is 78.7 Å². The largest absolute Gasteiger partial charge is 0.460 e. The minimum absolute atomic E-state index is 0.0614. The first-order valence-electron chi connectivity index (χ1n) is 33.8. The number of anilines is 1. The number of amidine groups is 1. The molecule has 0 radical (unpaired) electrons. The number of rotatable bonds is 13. The van der Waals surface area contributed by atoms with Crippen LogP contribution in [0.5, 0.6) is 0 Å². The van der Waals surface area contributed by atoms with E-state index in [0.29, 0.717) is 79.4 Å². The Hall–Kier alpha value is -7.35. The van der Waals surface area contributed by atoms with Gasteiger partial charge in [-0.15, -0.1) is 0 Å². The molecule has 6 aliphatic heterocycles. The molecule has 0 amide bonds. The molecule has 19 nitrogen and oxygen atoms in total. The van der Waals surface area contributed by atoms with Crippen molar-refractivity contribution in [3.8, 4) is 0 Å². The van der Waals surface area contributed by atoms with E-state index in [-0.39, 0.29) is 71.9 Å². The third-order valence-electron chi connectivity index (χ3n) is 20.1. The maximum absolute atomic E-state index is 15.6. The lowest BCUT2D eigenvalue weighted by atomic mass is 9.84. The standard InChI is InChI=1S/C29H32ClF4N3O4S.C23H23ClF4N4O2S.C21H30FN3O3S/c1-26(2,3)41-24(39)14-22-27(4,5)42(40)23(9-10-36-42)28(6,37-22)18-11-16(7-8-20(18)31)12-21(38)25-19(30)13-17(15-35-25)29(32,33)34;1-21(2)20(29)32-22(3,18-6-7-31-35(18,21)34)14-8-12(4-5-16(14)25)9-17(33)19-15(24)10-13(11-30-19)23(26,27)28;1-19(2,3)28-18(26)12-16-20(4,5)29(27)17(9-10-24-29)21(6,25-16)14-11-13(23)7-8-15(14)22/h7-8,11,13,15,23H,9-10,12,14H2,1-6H3;4-5,8,10-11,18H,6-7,9H2,1-3H3,(H2,29,32);7-8,11,17H,9-10,12,23H2,1-6H3/t23-,28+,42+;18-,22+,35+;17-,21+,29+/m000/s1. The molecule has 0 fully saturated rings. The second kappa shape index (κ2) is 28.6. The molecule has 0 saturated carbocycles. The van der Waals surface area contributed by atoms with Gasteiger partial charge in [-0.3, -0.25) is 44.1 Å². The van der Waals surface area contributed by atoms with Crippen molar-refractivity contribution in [1.29, 1.82) is 0 Å².